The second kappa shape index (κ2) is 3.79. The van der Waals surface area contributed by atoms with Crippen LogP contribution in [0.1, 0.15) is 41.4 Å². The molecule has 0 radical (unpaired) electrons. The topological polar surface area (TPSA) is 75.4 Å². The maximum Gasteiger partial charge on any atom is 0.341 e. The van der Waals surface area contributed by atoms with Gasteiger partial charge in [-0.3, -0.25) is 0 Å². The molecule has 2 heterocycles. The molecule has 14 heavy (non-hydrogen) atoms. The number of piperidine rings is 1. The molecule has 2 rings (SSSR count). The second-order valence-corrected chi connectivity index (χ2v) is 3.42. The third-order valence-electron chi connectivity index (χ3n) is 2.47. The molecule has 1 atom stereocenters. The Hall–Kier alpha value is -1.36. The largest absolute Gasteiger partial charge is 0.478 e. The number of carbonyl (C=O) groups is 1. The predicted molar refractivity (Wildman–Crippen MR) is 48.1 cm³/mol. The summed E-state index contributed by atoms with van der Waals surface area (Å²) in [6.07, 6.45) is 4.35. The van der Waals surface area contributed by atoms with E-state index in [9.17, 15) is 4.79 Å². The average molecular weight is 196 g/mol. The first-order valence-corrected chi connectivity index (χ1v) is 4.70. The van der Waals surface area contributed by atoms with E-state index in [0.717, 1.165) is 25.8 Å². The lowest BCUT2D eigenvalue weighted by Gasteiger charge is -2.21. The fourth-order valence-electron chi connectivity index (χ4n) is 1.74. The van der Waals surface area contributed by atoms with E-state index in [2.05, 4.69) is 15.0 Å². The Morgan fingerprint density at radius 3 is 3.14 bits per heavy atom. The van der Waals surface area contributed by atoms with Crippen LogP contribution in [0.2, 0.25) is 0 Å². The van der Waals surface area contributed by atoms with Crippen LogP contribution in [0.4, 0.5) is 0 Å². The average Bonchev–Trinajstić information content (AvgIpc) is 2.67. The van der Waals surface area contributed by atoms with Gasteiger partial charge < -0.3 is 14.9 Å². The zero-order chi connectivity index (χ0) is 9.97. The first-order valence-electron chi connectivity index (χ1n) is 4.70. The Balaban J connectivity index is 2.21. The Labute approximate surface area is 81.1 Å². The van der Waals surface area contributed by atoms with Gasteiger partial charge in [0.1, 0.15) is 17.5 Å². The number of aromatic carboxylic acids is 1. The fraction of sp³-hybridized carbons (Fsp3) is 0.556. The number of carboxylic acid groups (broad SMARTS) is 1. The molecule has 5 nitrogen and oxygen atoms in total. The number of nitrogens with zero attached hydrogens (tertiary/aromatic N) is 1. The fourth-order valence-corrected chi connectivity index (χ4v) is 1.74. The highest BCUT2D eigenvalue weighted by atomic mass is 16.5. The molecule has 0 aliphatic carbocycles. The molecule has 0 aromatic carbocycles. The molecule has 5 heteroatoms. The summed E-state index contributed by atoms with van der Waals surface area (Å²) >= 11 is 0. The molecular formula is C9H12N2O3. The normalized spacial score (nSPS) is 22.1. The molecule has 1 aromatic rings. The molecule has 2 N–H and O–H groups in total. The van der Waals surface area contributed by atoms with Gasteiger partial charge in [-0.25, -0.2) is 4.79 Å². The minimum atomic E-state index is -0.978. The molecule has 1 aliphatic rings. The molecule has 0 unspecified atom stereocenters. The Morgan fingerprint density at radius 2 is 2.50 bits per heavy atom. The van der Waals surface area contributed by atoms with Crippen molar-refractivity contribution in [3.63, 3.8) is 0 Å². The highest BCUT2D eigenvalue weighted by Gasteiger charge is 2.24. The van der Waals surface area contributed by atoms with E-state index in [0.29, 0.717) is 5.69 Å². The van der Waals surface area contributed by atoms with Crippen LogP contribution in [0, 0.1) is 0 Å². The number of carboxylic acids is 1. The van der Waals surface area contributed by atoms with E-state index in [1.165, 1.54) is 6.26 Å². The van der Waals surface area contributed by atoms with Crippen LogP contribution in [0.3, 0.4) is 0 Å². The maximum atomic E-state index is 10.8. The van der Waals surface area contributed by atoms with Crippen molar-refractivity contribution in [2.75, 3.05) is 6.54 Å². The summed E-state index contributed by atoms with van der Waals surface area (Å²) in [7, 11) is 0. The van der Waals surface area contributed by atoms with Crippen LogP contribution >= 0.6 is 0 Å². The smallest absolute Gasteiger partial charge is 0.341 e. The Morgan fingerprint density at radius 1 is 1.64 bits per heavy atom. The Bertz CT molecular complexity index is 329. The summed E-state index contributed by atoms with van der Waals surface area (Å²) in [6.45, 7) is 0.913. The van der Waals surface area contributed by atoms with Crippen molar-refractivity contribution in [1.29, 1.82) is 0 Å². The van der Waals surface area contributed by atoms with E-state index in [1.807, 2.05) is 0 Å². The summed E-state index contributed by atoms with van der Waals surface area (Å²) in [5.41, 5.74) is 0.696. The summed E-state index contributed by atoms with van der Waals surface area (Å²) in [5, 5.41) is 15.8. The molecule has 1 aromatic heterocycles. The van der Waals surface area contributed by atoms with Gasteiger partial charge in [0.25, 0.3) is 0 Å². The molecule has 0 amide bonds. The van der Waals surface area contributed by atoms with E-state index in [4.69, 9.17) is 5.11 Å². The minimum Gasteiger partial charge on any atom is -0.478 e. The van der Waals surface area contributed by atoms with Crippen LogP contribution < -0.4 is 5.32 Å². The molecule has 1 aliphatic heterocycles. The number of rotatable bonds is 2. The second-order valence-electron chi connectivity index (χ2n) is 3.42. The van der Waals surface area contributed by atoms with E-state index in [1.54, 1.807) is 0 Å². The zero-order valence-corrected chi connectivity index (χ0v) is 7.69. The molecule has 1 saturated heterocycles. The highest BCUT2D eigenvalue weighted by Crippen LogP contribution is 2.24. The lowest BCUT2D eigenvalue weighted by Crippen LogP contribution is -2.28. The van der Waals surface area contributed by atoms with Crippen molar-refractivity contribution in [1.82, 2.24) is 10.5 Å². The van der Waals surface area contributed by atoms with Gasteiger partial charge in [-0.2, -0.15) is 0 Å². The van der Waals surface area contributed by atoms with Gasteiger partial charge in [0.2, 0.25) is 0 Å². The van der Waals surface area contributed by atoms with Gasteiger partial charge in [-0.05, 0) is 19.4 Å². The lowest BCUT2D eigenvalue weighted by atomic mass is 10.00. The summed E-state index contributed by atoms with van der Waals surface area (Å²) in [4.78, 5) is 10.8. The number of aromatic nitrogens is 1. The lowest BCUT2D eigenvalue weighted by molar-refractivity contribution is 0.0694. The van der Waals surface area contributed by atoms with Crippen LogP contribution in [0.5, 0.6) is 0 Å². The van der Waals surface area contributed by atoms with Crippen LogP contribution in [-0.2, 0) is 0 Å². The molecular weight excluding hydrogens is 184 g/mol. The van der Waals surface area contributed by atoms with Crippen molar-refractivity contribution >= 4 is 5.97 Å². The highest BCUT2D eigenvalue weighted by molar-refractivity contribution is 5.88. The van der Waals surface area contributed by atoms with Crippen LogP contribution in [0.15, 0.2) is 10.8 Å². The van der Waals surface area contributed by atoms with Crippen LogP contribution in [0.25, 0.3) is 0 Å². The first kappa shape index (κ1) is 9.21. The predicted octanol–water partition coefficient (Wildman–Crippen LogP) is 1.19. The zero-order valence-electron chi connectivity index (χ0n) is 7.69. The quantitative estimate of drug-likeness (QED) is 0.743. The third-order valence-corrected chi connectivity index (χ3v) is 2.47. The van der Waals surface area contributed by atoms with Gasteiger partial charge in [0, 0.05) is 0 Å². The molecule has 0 saturated carbocycles. The van der Waals surface area contributed by atoms with Gasteiger partial charge in [0.15, 0.2) is 0 Å². The SMILES string of the molecule is O=C(O)c1conc1[C@H]1CCCCN1. The van der Waals surface area contributed by atoms with Crippen molar-refractivity contribution < 1.29 is 14.4 Å². The van der Waals surface area contributed by atoms with E-state index >= 15 is 0 Å². The summed E-state index contributed by atoms with van der Waals surface area (Å²) in [5.74, 6) is -0.978. The van der Waals surface area contributed by atoms with Gasteiger partial charge >= 0.3 is 5.97 Å². The van der Waals surface area contributed by atoms with Crippen molar-refractivity contribution in [3.05, 3.63) is 17.5 Å². The van der Waals surface area contributed by atoms with Crippen molar-refractivity contribution in [2.24, 2.45) is 0 Å². The Kier molecular flexibility index (Phi) is 2.49. The standard InChI is InChI=1S/C9H12N2O3/c12-9(13)6-5-14-11-8(6)7-3-1-2-4-10-7/h5,7,10H,1-4H2,(H,12,13)/t7-/m1/s1. The number of nitrogens with one attached hydrogen (secondary N) is 1. The number of hydrogen-bond donors (Lipinski definition) is 2. The van der Waals surface area contributed by atoms with E-state index in [-0.39, 0.29) is 11.6 Å². The maximum absolute atomic E-state index is 10.8. The van der Waals surface area contributed by atoms with E-state index < -0.39 is 5.97 Å². The first-order chi connectivity index (χ1) is 6.79. The van der Waals surface area contributed by atoms with Gasteiger partial charge in [-0.1, -0.05) is 11.6 Å². The molecule has 76 valence electrons. The molecule has 0 bridgehead atoms. The monoisotopic (exact) mass is 196 g/mol. The summed E-state index contributed by atoms with van der Waals surface area (Å²) < 4.78 is 4.69. The van der Waals surface area contributed by atoms with Gasteiger partial charge in [-0.15, -0.1) is 0 Å². The summed E-state index contributed by atoms with van der Waals surface area (Å²) in [6, 6.07) is 0.0357. The van der Waals surface area contributed by atoms with Crippen molar-refractivity contribution in [2.45, 2.75) is 25.3 Å². The molecule has 0 spiro atoms. The third kappa shape index (κ3) is 1.63. The number of hydrogen-bond acceptors (Lipinski definition) is 4. The minimum absolute atomic E-state index is 0.0357. The van der Waals surface area contributed by atoms with Crippen LogP contribution in [-0.4, -0.2) is 22.8 Å². The van der Waals surface area contributed by atoms with Gasteiger partial charge in [0.05, 0.1) is 6.04 Å². The van der Waals surface area contributed by atoms with Crippen molar-refractivity contribution in [3.8, 4) is 0 Å². The molecule has 1 fully saturated rings.